The summed E-state index contributed by atoms with van der Waals surface area (Å²) in [5.74, 6) is -1.41. The Morgan fingerprint density at radius 3 is 2.87 bits per heavy atom. The van der Waals surface area contributed by atoms with E-state index in [4.69, 9.17) is 0 Å². The summed E-state index contributed by atoms with van der Waals surface area (Å²) in [5, 5.41) is 2.28. The number of benzene rings is 1. The highest BCUT2D eigenvalue weighted by Crippen LogP contribution is 2.48. The van der Waals surface area contributed by atoms with E-state index < -0.39 is 29.3 Å². The zero-order valence-corrected chi connectivity index (χ0v) is 12.6. The zero-order valence-electron chi connectivity index (χ0n) is 12.6. The fourth-order valence-electron chi connectivity index (χ4n) is 4.22. The average molecular weight is 317 g/mol. The van der Waals surface area contributed by atoms with Crippen LogP contribution < -0.4 is 10.2 Å². The maximum Gasteiger partial charge on any atom is 0.330 e. The molecule has 2 fully saturated rings. The lowest BCUT2D eigenvalue weighted by Crippen LogP contribution is -2.70. The minimum Gasteiger partial charge on any atom is -0.364 e. The lowest BCUT2D eigenvalue weighted by molar-refractivity contribution is -0.152. The number of hydrogen-bond donors (Lipinski definition) is 1. The molecule has 23 heavy (non-hydrogen) atoms. The number of hydrogen-bond acceptors (Lipinski definition) is 4. The highest BCUT2D eigenvalue weighted by Gasteiger charge is 2.62. The SMILES string of the molecule is CN1C(=O)NC(=O)[C@@]2(Cc3cccc(F)c3N3CCC[C@@H]32)C1=O. The lowest BCUT2D eigenvalue weighted by atomic mass is 9.68. The molecular weight excluding hydrogens is 301 g/mol. The third-order valence-corrected chi connectivity index (χ3v) is 5.27. The molecular formula is C16H16FN3O3. The Labute approximate surface area is 132 Å². The second-order valence-corrected chi connectivity index (χ2v) is 6.37. The Balaban J connectivity index is 1.92. The molecule has 3 aliphatic rings. The number of halogens is 1. The quantitative estimate of drug-likeness (QED) is 0.726. The first-order valence-electron chi connectivity index (χ1n) is 7.64. The van der Waals surface area contributed by atoms with Crippen molar-refractivity contribution in [2.45, 2.75) is 25.3 Å². The van der Waals surface area contributed by atoms with Gasteiger partial charge in [-0.25, -0.2) is 9.18 Å². The Bertz CT molecular complexity index is 750. The van der Waals surface area contributed by atoms with E-state index in [2.05, 4.69) is 5.32 Å². The molecule has 2 atom stereocenters. The molecule has 7 heteroatoms. The second kappa shape index (κ2) is 4.53. The molecule has 3 aliphatic heterocycles. The predicted octanol–water partition coefficient (Wildman–Crippen LogP) is 1.05. The molecule has 0 bridgehead atoms. The smallest absolute Gasteiger partial charge is 0.330 e. The first-order valence-corrected chi connectivity index (χ1v) is 7.64. The fraction of sp³-hybridized carbons (Fsp3) is 0.438. The molecule has 0 unspecified atom stereocenters. The van der Waals surface area contributed by atoms with Gasteiger partial charge in [-0.05, 0) is 30.9 Å². The van der Waals surface area contributed by atoms with Crippen molar-refractivity contribution in [1.29, 1.82) is 0 Å². The highest BCUT2D eigenvalue weighted by molar-refractivity contribution is 6.20. The molecule has 0 radical (unpaired) electrons. The van der Waals surface area contributed by atoms with E-state index in [9.17, 15) is 18.8 Å². The van der Waals surface area contributed by atoms with Gasteiger partial charge in [0.25, 0.3) is 0 Å². The van der Waals surface area contributed by atoms with Crippen LogP contribution in [0.2, 0.25) is 0 Å². The van der Waals surface area contributed by atoms with Crippen molar-refractivity contribution in [1.82, 2.24) is 10.2 Å². The fourth-order valence-corrected chi connectivity index (χ4v) is 4.22. The van der Waals surface area contributed by atoms with Crippen molar-refractivity contribution >= 4 is 23.5 Å². The third-order valence-electron chi connectivity index (χ3n) is 5.27. The van der Waals surface area contributed by atoms with Gasteiger partial charge in [-0.3, -0.25) is 19.8 Å². The van der Waals surface area contributed by atoms with Crippen molar-refractivity contribution in [2.75, 3.05) is 18.5 Å². The second-order valence-electron chi connectivity index (χ2n) is 6.37. The molecule has 120 valence electrons. The van der Waals surface area contributed by atoms with Gasteiger partial charge in [-0.2, -0.15) is 0 Å². The number of amides is 4. The molecule has 2 saturated heterocycles. The summed E-state index contributed by atoms with van der Waals surface area (Å²) in [6, 6.07) is 3.59. The van der Waals surface area contributed by atoms with Gasteiger partial charge in [-0.15, -0.1) is 0 Å². The van der Waals surface area contributed by atoms with Crippen LogP contribution in [-0.4, -0.2) is 42.4 Å². The third kappa shape index (κ3) is 1.64. The van der Waals surface area contributed by atoms with Crippen molar-refractivity contribution < 1.29 is 18.8 Å². The van der Waals surface area contributed by atoms with E-state index in [0.29, 0.717) is 24.2 Å². The summed E-state index contributed by atoms with van der Waals surface area (Å²) in [5.41, 5.74) is -0.241. The van der Waals surface area contributed by atoms with Gasteiger partial charge in [0.15, 0.2) is 5.41 Å². The monoisotopic (exact) mass is 317 g/mol. The standard InChI is InChI=1S/C16H16FN3O3/c1-19-14(22)16(13(21)18-15(19)23)8-9-4-2-5-10(17)12(9)20-7-3-6-11(16)20/h2,4-5,11H,3,6-8H2,1H3,(H,18,21,23)/t11-,16+/m1/s1. The van der Waals surface area contributed by atoms with Crippen molar-refractivity contribution in [2.24, 2.45) is 5.41 Å². The van der Waals surface area contributed by atoms with Crippen molar-refractivity contribution in [3.63, 3.8) is 0 Å². The van der Waals surface area contributed by atoms with E-state index >= 15 is 0 Å². The van der Waals surface area contributed by atoms with Crippen LogP contribution in [0, 0.1) is 11.2 Å². The molecule has 3 heterocycles. The van der Waals surface area contributed by atoms with E-state index in [1.54, 1.807) is 12.1 Å². The molecule has 0 saturated carbocycles. The van der Waals surface area contributed by atoms with Crippen LogP contribution in [0.4, 0.5) is 14.9 Å². The normalized spacial score (nSPS) is 29.7. The lowest BCUT2D eigenvalue weighted by Gasteiger charge is -2.48. The van der Waals surface area contributed by atoms with Crippen molar-refractivity contribution in [3.05, 3.63) is 29.6 Å². The van der Waals surface area contributed by atoms with Gasteiger partial charge in [-0.1, -0.05) is 12.1 Å². The van der Waals surface area contributed by atoms with Gasteiger partial charge in [0.05, 0.1) is 11.7 Å². The Hall–Kier alpha value is -2.44. The van der Waals surface area contributed by atoms with Gasteiger partial charge in [0, 0.05) is 13.6 Å². The van der Waals surface area contributed by atoms with Gasteiger partial charge >= 0.3 is 6.03 Å². The summed E-state index contributed by atoms with van der Waals surface area (Å²) in [7, 11) is 1.37. The van der Waals surface area contributed by atoms with Gasteiger partial charge in [0.2, 0.25) is 11.8 Å². The number of nitrogens with one attached hydrogen (secondary N) is 1. The Kier molecular flexibility index (Phi) is 2.79. The maximum absolute atomic E-state index is 14.3. The van der Waals surface area contributed by atoms with Crippen LogP contribution in [0.25, 0.3) is 0 Å². The molecule has 0 aromatic heterocycles. The number of carbonyl (C=O) groups excluding carboxylic acids is 3. The number of para-hydroxylation sites is 1. The molecule has 1 N–H and O–H groups in total. The Morgan fingerprint density at radius 1 is 1.30 bits per heavy atom. The zero-order chi connectivity index (χ0) is 16.4. The maximum atomic E-state index is 14.3. The molecule has 1 aromatic carbocycles. The molecule has 4 amide bonds. The van der Waals surface area contributed by atoms with Crippen LogP contribution in [0.15, 0.2) is 18.2 Å². The van der Waals surface area contributed by atoms with Crippen LogP contribution in [0.3, 0.4) is 0 Å². The van der Waals surface area contributed by atoms with E-state index in [1.165, 1.54) is 13.1 Å². The topological polar surface area (TPSA) is 69.7 Å². The number of rotatable bonds is 0. The Morgan fingerprint density at radius 2 is 2.09 bits per heavy atom. The number of urea groups is 1. The molecule has 0 aliphatic carbocycles. The van der Waals surface area contributed by atoms with Crippen LogP contribution in [0.5, 0.6) is 0 Å². The number of fused-ring (bicyclic) bond motifs is 4. The summed E-state index contributed by atoms with van der Waals surface area (Å²) in [6.45, 7) is 0.596. The van der Waals surface area contributed by atoms with E-state index in [0.717, 1.165) is 11.3 Å². The predicted molar refractivity (Wildman–Crippen MR) is 79.2 cm³/mol. The molecule has 6 nitrogen and oxygen atoms in total. The summed E-state index contributed by atoms with van der Waals surface area (Å²) in [6.07, 6.45) is 1.51. The first kappa shape index (κ1) is 14.2. The van der Waals surface area contributed by atoms with E-state index in [-0.39, 0.29) is 12.2 Å². The van der Waals surface area contributed by atoms with Crippen LogP contribution in [-0.2, 0) is 16.0 Å². The van der Waals surface area contributed by atoms with Crippen LogP contribution in [0.1, 0.15) is 18.4 Å². The van der Waals surface area contributed by atoms with E-state index in [1.807, 2.05) is 4.90 Å². The largest absolute Gasteiger partial charge is 0.364 e. The number of imide groups is 2. The molecule has 1 aromatic rings. The molecule has 4 rings (SSSR count). The number of barbiturate groups is 1. The van der Waals surface area contributed by atoms with Gasteiger partial charge in [0.1, 0.15) is 5.82 Å². The number of nitrogens with zero attached hydrogens (tertiary/aromatic N) is 2. The van der Waals surface area contributed by atoms with Gasteiger partial charge < -0.3 is 4.90 Å². The number of anilines is 1. The first-order chi connectivity index (χ1) is 11.0. The molecule has 1 spiro atoms. The van der Waals surface area contributed by atoms with Crippen LogP contribution >= 0.6 is 0 Å². The minimum absolute atomic E-state index is 0.115. The van der Waals surface area contributed by atoms with Crippen molar-refractivity contribution in [3.8, 4) is 0 Å². The summed E-state index contributed by atoms with van der Waals surface area (Å²) in [4.78, 5) is 40.1. The number of carbonyl (C=O) groups is 3. The summed E-state index contributed by atoms with van der Waals surface area (Å²) >= 11 is 0. The summed E-state index contributed by atoms with van der Waals surface area (Å²) < 4.78 is 14.3. The highest BCUT2D eigenvalue weighted by atomic mass is 19.1. The average Bonchev–Trinajstić information content (AvgIpc) is 3.01. The minimum atomic E-state index is -1.36.